The third-order valence-electron chi connectivity index (χ3n) is 8.93. The number of ether oxygens (including phenoxy) is 7. The molecule has 12 heteroatoms. The number of phenolic OH excluding ortho intramolecular Hbond substituents is 1. The lowest BCUT2D eigenvalue weighted by Crippen LogP contribution is -2.62. The van der Waals surface area contributed by atoms with Gasteiger partial charge < -0.3 is 58.7 Å². The van der Waals surface area contributed by atoms with E-state index in [1.807, 2.05) is 0 Å². The van der Waals surface area contributed by atoms with Crippen molar-refractivity contribution in [1.82, 2.24) is 0 Å². The maximum atomic E-state index is 10.8. The molecule has 0 spiro atoms. The van der Waals surface area contributed by atoms with E-state index in [-0.39, 0.29) is 48.6 Å². The van der Waals surface area contributed by atoms with Crippen LogP contribution in [-0.2, 0) is 9.47 Å². The summed E-state index contributed by atoms with van der Waals surface area (Å²) in [5, 5.41) is 51.7. The van der Waals surface area contributed by atoms with E-state index in [0.29, 0.717) is 36.2 Å². The molecule has 12 nitrogen and oxygen atoms in total. The normalized spacial score (nSPS) is 34.1. The number of rotatable bonds is 9. The first-order chi connectivity index (χ1) is 20.1. The average molecular weight is 593 g/mol. The minimum Gasteiger partial charge on any atom is -0.502 e. The first-order valence-corrected chi connectivity index (χ1v) is 13.9. The average Bonchev–Trinajstić information content (AvgIpc) is 3.61. The molecule has 0 aromatic heterocycles. The number of phenols is 1. The highest BCUT2D eigenvalue weighted by atomic mass is 16.6. The first kappa shape index (κ1) is 30.5. The molecule has 1 saturated carbocycles. The highest BCUT2D eigenvalue weighted by Gasteiger charge is 2.52. The zero-order chi connectivity index (χ0) is 30.3. The van der Waals surface area contributed by atoms with Crippen LogP contribution in [-0.4, -0.2) is 97.7 Å². The summed E-state index contributed by atoms with van der Waals surface area (Å²) < 4.78 is 40.9. The Morgan fingerprint density at radius 2 is 1.21 bits per heavy atom. The molecule has 5 rings (SSSR count). The lowest BCUT2D eigenvalue weighted by Gasteiger charge is -2.46. The minimum atomic E-state index is -1.51. The number of hydrogen-bond acceptors (Lipinski definition) is 12. The van der Waals surface area contributed by atoms with E-state index in [0.717, 1.165) is 11.1 Å². The van der Waals surface area contributed by atoms with Crippen molar-refractivity contribution in [3.05, 3.63) is 35.4 Å². The standard InChI is InChI=1S/C30H40O12/c1-30(10-16(11-31)23(32)25(34)29(30)35)42-28-21(38-4)8-15(9-22(28)39-5)27-18-13-40-26(17(18)12-41-27)14-6-19(36-2)24(33)20(7-14)37-3/h6-9,16-18,23,25-27,29,31-35H,10-13H2,1-5H3/t16-,17?,18?,23-,25+,26?,27?,29-,30-/m1/s1. The van der Waals surface area contributed by atoms with Gasteiger partial charge in [0.25, 0.3) is 0 Å². The van der Waals surface area contributed by atoms with Gasteiger partial charge in [-0.25, -0.2) is 0 Å². The van der Waals surface area contributed by atoms with Crippen LogP contribution in [0.1, 0.15) is 36.7 Å². The van der Waals surface area contributed by atoms with Gasteiger partial charge >= 0.3 is 0 Å². The molecule has 2 heterocycles. The Morgan fingerprint density at radius 1 is 0.762 bits per heavy atom. The van der Waals surface area contributed by atoms with Crippen LogP contribution in [0.5, 0.6) is 34.5 Å². The molecule has 2 saturated heterocycles. The molecule has 42 heavy (non-hydrogen) atoms. The second kappa shape index (κ2) is 11.9. The van der Waals surface area contributed by atoms with Crippen LogP contribution in [0.4, 0.5) is 0 Å². The van der Waals surface area contributed by atoms with E-state index >= 15 is 0 Å². The summed E-state index contributed by atoms with van der Waals surface area (Å²) in [5.41, 5.74) is 0.235. The van der Waals surface area contributed by atoms with Gasteiger partial charge in [0, 0.05) is 24.4 Å². The van der Waals surface area contributed by atoms with Gasteiger partial charge in [-0.2, -0.15) is 0 Å². The lowest BCUT2D eigenvalue weighted by molar-refractivity contribution is -0.193. The van der Waals surface area contributed by atoms with Gasteiger partial charge in [-0.3, -0.25) is 0 Å². The molecule has 2 aliphatic heterocycles. The van der Waals surface area contributed by atoms with E-state index in [4.69, 9.17) is 33.2 Å². The van der Waals surface area contributed by atoms with E-state index in [9.17, 15) is 25.5 Å². The predicted octanol–water partition coefficient (Wildman–Crippen LogP) is 1.73. The predicted molar refractivity (Wildman–Crippen MR) is 147 cm³/mol. The number of aliphatic hydroxyl groups excluding tert-OH is 4. The molecule has 2 aromatic carbocycles. The van der Waals surface area contributed by atoms with Crippen LogP contribution in [0.3, 0.4) is 0 Å². The molecule has 0 amide bonds. The molecule has 5 N–H and O–H groups in total. The SMILES string of the molecule is COc1cc(C2OCC3C(c4cc(OC)c(O[C@]5(C)C[C@H](CO)[C@@H](O)[C@H](O)[C@H]5O)c(OC)c4)OCC23)cc(OC)c1O. The van der Waals surface area contributed by atoms with Gasteiger partial charge in [-0.05, 0) is 48.7 Å². The molecule has 232 valence electrons. The Labute approximate surface area is 244 Å². The second-order valence-corrected chi connectivity index (χ2v) is 11.4. The summed E-state index contributed by atoms with van der Waals surface area (Å²) in [6, 6.07) is 7.07. The second-order valence-electron chi connectivity index (χ2n) is 11.4. The van der Waals surface area contributed by atoms with Gasteiger partial charge in [0.1, 0.15) is 17.8 Å². The molecule has 0 radical (unpaired) electrons. The van der Waals surface area contributed by atoms with Crippen LogP contribution >= 0.6 is 0 Å². The Hall–Kier alpha value is -3.00. The lowest BCUT2D eigenvalue weighted by atomic mass is 9.73. The molecule has 0 bridgehead atoms. The monoisotopic (exact) mass is 592 g/mol. The number of aliphatic hydroxyl groups is 4. The van der Waals surface area contributed by atoms with Crippen LogP contribution in [0, 0.1) is 17.8 Å². The van der Waals surface area contributed by atoms with Crippen LogP contribution < -0.4 is 23.7 Å². The van der Waals surface area contributed by atoms with E-state index < -0.39 is 29.8 Å². The van der Waals surface area contributed by atoms with Crippen LogP contribution in [0.25, 0.3) is 0 Å². The Kier molecular flexibility index (Phi) is 8.66. The number of hydrogen-bond donors (Lipinski definition) is 5. The number of methoxy groups -OCH3 is 4. The number of fused-ring (bicyclic) bond motifs is 1. The Morgan fingerprint density at radius 3 is 1.64 bits per heavy atom. The van der Waals surface area contributed by atoms with Crippen molar-refractivity contribution in [2.24, 2.45) is 17.8 Å². The van der Waals surface area contributed by atoms with Gasteiger partial charge in [0.15, 0.2) is 23.0 Å². The summed E-state index contributed by atoms with van der Waals surface area (Å²) in [6.07, 6.45) is -4.80. The fourth-order valence-corrected chi connectivity index (χ4v) is 6.57. The zero-order valence-corrected chi connectivity index (χ0v) is 24.4. The summed E-state index contributed by atoms with van der Waals surface area (Å²) in [7, 11) is 5.92. The molecular weight excluding hydrogens is 552 g/mol. The Bertz CT molecular complexity index is 1220. The van der Waals surface area contributed by atoms with Crippen molar-refractivity contribution in [3.63, 3.8) is 0 Å². The van der Waals surface area contributed by atoms with Crippen molar-refractivity contribution in [1.29, 1.82) is 0 Å². The maximum absolute atomic E-state index is 10.8. The molecular formula is C30H40O12. The number of aromatic hydroxyl groups is 1. The Balaban J connectivity index is 1.42. The van der Waals surface area contributed by atoms with Crippen LogP contribution in [0.2, 0.25) is 0 Å². The van der Waals surface area contributed by atoms with Crippen molar-refractivity contribution in [2.75, 3.05) is 48.3 Å². The fraction of sp³-hybridized carbons (Fsp3) is 0.600. The highest BCUT2D eigenvalue weighted by molar-refractivity contribution is 5.55. The van der Waals surface area contributed by atoms with E-state index in [1.165, 1.54) is 28.4 Å². The summed E-state index contributed by atoms with van der Waals surface area (Å²) in [5.74, 6) is 0.697. The molecule has 3 fully saturated rings. The largest absolute Gasteiger partial charge is 0.502 e. The summed E-state index contributed by atoms with van der Waals surface area (Å²) >= 11 is 0. The molecule has 9 atom stereocenters. The van der Waals surface area contributed by atoms with Crippen molar-refractivity contribution in [2.45, 2.75) is 49.5 Å². The van der Waals surface area contributed by atoms with Crippen molar-refractivity contribution >= 4 is 0 Å². The van der Waals surface area contributed by atoms with Gasteiger partial charge in [-0.15, -0.1) is 0 Å². The van der Waals surface area contributed by atoms with E-state index in [2.05, 4.69) is 0 Å². The maximum Gasteiger partial charge on any atom is 0.204 e. The zero-order valence-electron chi connectivity index (χ0n) is 24.4. The third-order valence-corrected chi connectivity index (χ3v) is 8.93. The smallest absolute Gasteiger partial charge is 0.204 e. The highest BCUT2D eigenvalue weighted by Crippen LogP contribution is 2.54. The van der Waals surface area contributed by atoms with Gasteiger partial charge in [0.2, 0.25) is 11.5 Å². The topological polar surface area (TPSA) is 166 Å². The summed E-state index contributed by atoms with van der Waals surface area (Å²) in [6.45, 7) is 2.09. The molecule has 4 unspecified atom stereocenters. The minimum absolute atomic E-state index is 0.00149. The van der Waals surface area contributed by atoms with E-state index in [1.54, 1.807) is 31.2 Å². The molecule has 2 aromatic rings. The molecule has 3 aliphatic rings. The third kappa shape index (κ3) is 5.10. The first-order valence-electron chi connectivity index (χ1n) is 13.9. The summed E-state index contributed by atoms with van der Waals surface area (Å²) in [4.78, 5) is 0. The van der Waals surface area contributed by atoms with Crippen LogP contribution in [0.15, 0.2) is 24.3 Å². The number of benzene rings is 2. The van der Waals surface area contributed by atoms with Gasteiger partial charge in [-0.1, -0.05) is 0 Å². The molecule has 1 aliphatic carbocycles. The van der Waals surface area contributed by atoms with Crippen molar-refractivity contribution < 1.29 is 58.7 Å². The van der Waals surface area contributed by atoms with Gasteiger partial charge in [0.05, 0.1) is 60.0 Å². The quantitative estimate of drug-likeness (QED) is 0.287. The fourth-order valence-electron chi connectivity index (χ4n) is 6.57. The van der Waals surface area contributed by atoms with Crippen molar-refractivity contribution in [3.8, 4) is 34.5 Å².